The number of hydrogen-bond acceptors (Lipinski definition) is 2. The van der Waals surface area contributed by atoms with Crippen LogP contribution < -0.4 is 0 Å². The molecule has 0 spiro atoms. The fraction of sp³-hybridized carbons (Fsp3) is 0.824. The van der Waals surface area contributed by atoms with Crippen LogP contribution in [0.1, 0.15) is 78.1 Å². The summed E-state index contributed by atoms with van der Waals surface area (Å²) in [5.41, 5.74) is 0. The van der Waals surface area contributed by atoms with Crippen LogP contribution in [-0.4, -0.2) is 13.1 Å². The summed E-state index contributed by atoms with van der Waals surface area (Å²) in [5, 5.41) is 0. The summed E-state index contributed by atoms with van der Waals surface area (Å²) in [5.74, 6) is 0.703. The minimum atomic E-state index is -0.0758. The number of carbonyl (C=O) groups is 1. The second-order valence-corrected chi connectivity index (χ2v) is 5.69. The van der Waals surface area contributed by atoms with Crippen molar-refractivity contribution in [2.45, 2.75) is 78.1 Å². The Labute approximate surface area is 119 Å². The molecule has 0 aliphatic heterocycles. The molecule has 0 rings (SSSR count). The van der Waals surface area contributed by atoms with Crippen LogP contribution in [0.25, 0.3) is 0 Å². The molecule has 19 heavy (non-hydrogen) atoms. The van der Waals surface area contributed by atoms with Gasteiger partial charge < -0.3 is 4.74 Å². The first kappa shape index (κ1) is 18.2. The second-order valence-electron chi connectivity index (χ2n) is 5.69. The molecule has 0 saturated heterocycles. The average Bonchev–Trinajstić information content (AvgIpc) is 2.39. The summed E-state index contributed by atoms with van der Waals surface area (Å²) in [7, 11) is 1.46. The quantitative estimate of drug-likeness (QED) is 0.274. The molecule has 0 bridgehead atoms. The third-order valence-corrected chi connectivity index (χ3v) is 3.25. The number of rotatable bonds is 12. The third kappa shape index (κ3) is 15.2. The first-order chi connectivity index (χ1) is 9.16. The minimum Gasteiger partial charge on any atom is -0.469 e. The number of carbonyl (C=O) groups excluding carboxylic acids is 1. The smallest absolute Gasteiger partial charge is 0.305 e. The lowest BCUT2D eigenvalue weighted by molar-refractivity contribution is -0.140. The Morgan fingerprint density at radius 2 is 1.53 bits per heavy atom. The van der Waals surface area contributed by atoms with Gasteiger partial charge in [0.25, 0.3) is 0 Å². The van der Waals surface area contributed by atoms with Gasteiger partial charge in [0.15, 0.2) is 0 Å². The van der Waals surface area contributed by atoms with Gasteiger partial charge in [0.2, 0.25) is 0 Å². The van der Waals surface area contributed by atoms with Crippen molar-refractivity contribution in [3.63, 3.8) is 0 Å². The van der Waals surface area contributed by atoms with Gasteiger partial charge in [-0.3, -0.25) is 4.79 Å². The lowest BCUT2D eigenvalue weighted by atomic mass is 10.1. The van der Waals surface area contributed by atoms with Crippen molar-refractivity contribution in [3.8, 4) is 0 Å². The van der Waals surface area contributed by atoms with Crippen LogP contribution in [0.4, 0.5) is 0 Å². The van der Waals surface area contributed by atoms with Gasteiger partial charge in [-0.05, 0) is 31.6 Å². The normalized spacial score (nSPS) is 11.4. The maximum absolute atomic E-state index is 10.9. The number of ether oxygens (including phenoxy) is 1. The molecule has 0 saturated carbocycles. The maximum Gasteiger partial charge on any atom is 0.305 e. The van der Waals surface area contributed by atoms with Gasteiger partial charge in [0, 0.05) is 6.42 Å². The molecule has 112 valence electrons. The van der Waals surface area contributed by atoms with Gasteiger partial charge in [-0.2, -0.15) is 0 Å². The van der Waals surface area contributed by atoms with Gasteiger partial charge in [-0.1, -0.05) is 58.1 Å². The highest BCUT2D eigenvalue weighted by Gasteiger charge is 1.98. The van der Waals surface area contributed by atoms with E-state index in [1.807, 2.05) is 0 Å². The largest absolute Gasteiger partial charge is 0.469 e. The fourth-order valence-electron chi connectivity index (χ4n) is 2.00. The van der Waals surface area contributed by atoms with Crippen molar-refractivity contribution in [1.82, 2.24) is 0 Å². The van der Waals surface area contributed by atoms with Gasteiger partial charge in [-0.15, -0.1) is 0 Å². The zero-order valence-corrected chi connectivity index (χ0v) is 13.1. The van der Waals surface area contributed by atoms with Crippen LogP contribution in [0.3, 0.4) is 0 Å². The second kappa shape index (κ2) is 13.6. The summed E-state index contributed by atoms with van der Waals surface area (Å²) in [6.45, 7) is 4.51. The monoisotopic (exact) mass is 268 g/mol. The van der Waals surface area contributed by atoms with E-state index in [-0.39, 0.29) is 5.97 Å². The van der Waals surface area contributed by atoms with E-state index in [2.05, 4.69) is 30.7 Å². The number of unbranched alkanes of at least 4 members (excludes halogenated alkanes) is 7. The van der Waals surface area contributed by atoms with Crippen LogP contribution in [-0.2, 0) is 9.53 Å². The van der Waals surface area contributed by atoms with Crippen molar-refractivity contribution >= 4 is 5.97 Å². The molecular weight excluding hydrogens is 236 g/mol. The standard InChI is InChI=1S/C17H32O2/c1-16(2)14-12-10-8-6-4-5-7-9-11-13-15-17(18)19-3/h10,12,16H,4-9,11,13-15H2,1-3H3/b12-10+. The predicted molar refractivity (Wildman–Crippen MR) is 82.2 cm³/mol. The topological polar surface area (TPSA) is 26.3 Å². The first-order valence-electron chi connectivity index (χ1n) is 7.88. The predicted octanol–water partition coefficient (Wildman–Crippen LogP) is 5.27. The van der Waals surface area contributed by atoms with E-state index in [4.69, 9.17) is 0 Å². The molecule has 2 nitrogen and oxygen atoms in total. The summed E-state index contributed by atoms with van der Waals surface area (Å²) in [6.07, 6.45) is 16.3. The lowest BCUT2D eigenvalue weighted by Gasteiger charge is -2.01. The maximum atomic E-state index is 10.9. The molecule has 0 amide bonds. The van der Waals surface area contributed by atoms with Crippen molar-refractivity contribution in [1.29, 1.82) is 0 Å². The molecule has 0 fully saturated rings. The summed E-state index contributed by atoms with van der Waals surface area (Å²) < 4.78 is 4.61. The zero-order valence-electron chi connectivity index (χ0n) is 13.1. The number of methoxy groups -OCH3 is 1. The number of hydrogen-bond donors (Lipinski definition) is 0. The molecule has 0 atom stereocenters. The summed E-state index contributed by atoms with van der Waals surface area (Å²) >= 11 is 0. The van der Waals surface area contributed by atoms with E-state index in [1.54, 1.807) is 0 Å². The Bertz CT molecular complexity index is 231. The Hall–Kier alpha value is -0.790. The van der Waals surface area contributed by atoms with Crippen molar-refractivity contribution in [2.24, 2.45) is 5.92 Å². The molecule has 2 heteroatoms. The van der Waals surface area contributed by atoms with Crippen LogP contribution in [0.2, 0.25) is 0 Å². The zero-order chi connectivity index (χ0) is 14.3. The van der Waals surface area contributed by atoms with Crippen LogP contribution in [0.5, 0.6) is 0 Å². The van der Waals surface area contributed by atoms with Crippen molar-refractivity contribution in [3.05, 3.63) is 12.2 Å². The summed E-state index contributed by atoms with van der Waals surface area (Å²) in [4.78, 5) is 10.9. The van der Waals surface area contributed by atoms with Crippen LogP contribution >= 0.6 is 0 Å². The average molecular weight is 268 g/mol. The molecule has 0 aromatic carbocycles. The summed E-state index contributed by atoms with van der Waals surface area (Å²) in [6, 6.07) is 0. The molecule has 0 radical (unpaired) electrons. The molecule has 0 aliphatic carbocycles. The molecule has 0 unspecified atom stereocenters. The molecule has 0 heterocycles. The Kier molecular flexibility index (Phi) is 13.1. The van der Waals surface area contributed by atoms with Crippen molar-refractivity contribution in [2.75, 3.05) is 7.11 Å². The lowest BCUT2D eigenvalue weighted by Crippen LogP contribution is -1.99. The van der Waals surface area contributed by atoms with E-state index < -0.39 is 0 Å². The first-order valence-corrected chi connectivity index (χ1v) is 7.88. The Morgan fingerprint density at radius 3 is 2.11 bits per heavy atom. The Balaban J connectivity index is 3.11. The number of esters is 1. The molecule has 0 aromatic heterocycles. The van der Waals surface area contributed by atoms with E-state index in [0.717, 1.165) is 18.8 Å². The molecule has 0 N–H and O–H groups in total. The van der Waals surface area contributed by atoms with Gasteiger partial charge in [-0.25, -0.2) is 0 Å². The van der Waals surface area contributed by atoms with Gasteiger partial charge in [0.1, 0.15) is 0 Å². The van der Waals surface area contributed by atoms with E-state index in [1.165, 1.54) is 52.1 Å². The molecule has 0 aliphatic rings. The van der Waals surface area contributed by atoms with E-state index in [9.17, 15) is 4.79 Å². The fourth-order valence-corrected chi connectivity index (χ4v) is 2.00. The minimum absolute atomic E-state index is 0.0758. The van der Waals surface area contributed by atoms with Crippen LogP contribution in [0.15, 0.2) is 12.2 Å². The molecule has 0 aromatic rings. The SMILES string of the molecule is COC(=O)CCCCCCCCC/C=C/CC(C)C. The van der Waals surface area contributed by atoms with Crippen LogP contribution in [0, 0.1) is 5.92 Å². The van der Waals surface area contributed by atoms with E-state index in [0.29, 0.717) is 6.42 Å². The van der Waals surface area contributed by atoms with Gasteiger partial charge in [0.05, 0.1) is 7.11 Å². The molecular formula is C17H32O2. The van der Waals surface area contributed by atoms with Crippen molar-refractivity contribution < 1.29 is 9.53 Å². The van der Waals surface area contributed by atoms with E-state index >= 15 is 0 Å². The number of allylic oxidation sites excluding steroid dienone is 2. The highest BCUT2D eigenvalue weighted by molar-refractivity contribution is 5.68. The Morgan fingerprint density at radius 1 is 0.947 bits per heavy atom. The highest BCUT2D eigenvalue weighted by Crippen LogP contribution is 2.10. The highest BCUT2D eigenvalue weighted by atomic mass is 16.5. The van der Waals surface area contributed by atoms with Gasteiger partial charge >= 0.3 is 5.97 Å². The third-order valence-electron chi connectivity index (χ3n) is 3.25.